The Kier molecular flexibility index (Phi) is 8.21. The lowest BCUT2D eigenvalue weighted by Gasteiger charge is -2.27. The molecule has 7 nitrogen and oxygen atoms in total. The van der Waals surface area contributed by atoms with E-state index in [2.05, 4.69) is 10.6 Å². The number of rotatable bonds is 9. The van der Waals surface area contributed by atoms with Gasteiger partial charge in [-0.3, -0.25) is 4.79 Å². The third-order valence-corrected chi connectivity index (χ3v) is 7.07. The molecule has 5 rings (SSSR count). The molecule has 2 N–H and O–H groups in total. The van der Waals surface area contributed by atoms with Crippen LogP contribution in [0.25, 0.3) is 11.1 Å². The summed E-state index contributed by atoms with van der Waals surface area (Å²) in [7, 11) is 1.30. The fraction of sp³-hybridized carbons (Fsp3) is 0.182. The Morgan fingerprint density at radius 2 is 1.23 bits per heavy atom. The summed E-state index contributed by atoms with van der Waals surface area (Å²) >= 11 is 0. The Balaban J connectivity index is 1.40. The predicted molar refractivity (Wildman–Crippen MR) is 151 cm³/mol. The lowest BCUT2D eigenvalue weighted by Crippen LogP contribution is -2.54. The minimum absolute atomic E-state index is 0.0623. The van der Waals surface area contributed by atoms with Crippen molar-refractivity contribution in [2.75, 3.05) is 7.11 Å². The summed E-state index contributed by atoms with van der Waals surface area (Å²) in [6.45, 7) is 0.0623. The smallest absolute Gasteiger partial charge is 0.408 e. The molecule has 7 heteroatoms. The summed E-state index contributed by atoms with van der Waals surface area (Å²) in [6, 6.07) is 32.3. The van der Waals surface area contributed by atoms with E-state index in [9.17, 15) is 14.4 Å². The zero-order valence-electron chi connectivity index (χ0n) is 22.1. The quantitative estimate of drug-likeness (QED) is 0.295. The van der Waals surface area contributed by atoms with Gasteiger partial charge in [-0.25, -0.2) is 9.59 Å². The van der Waals surface area contributed by atoms with Gasteiger partial charge in [-0.2, -0.15) is 0 Å². The normalized spacial score (nSPS) is 13.3. The van der Waals surface area contributed by atoms with E-state index in [1.54, 1.807) is 0 Å². The highest BCUT2D eigenvalue weighted by Gasteiger charge is 2.40. The number of carbonyl (C=O) groups is 3. The second-order valence-electron chi connectivity index (χ2n) is 9.61. The van der Waals surface area contributed by atoms with Gasteiger partial charge in [0.15, 0.2) is 0 Å². The number of alkyl carbamates (subject to hydrolysis) is 1. The predicted octanol–water partition coefficient (Wildman–Crippen LogP) is 4.99. The minimum Gasteiger partial charge on any atom is -0.467 e. The van der Waals surface area contributed by atoms with Gasteiger partial charge in [0.1, 0.15) is 18.7 Å². The molecule has 1 aliphatic rings. The van der Waals surface area contributed by atoms with Crippen LogP contribution in [0, 0.1) is 0 Å². The molecule has 0 spiro atoms. The largest absolute Gasteiger partial charge is 0.467 e. The number of amides is 2. The van der Waals surface area contributed by atoms with E-state index in [4.69, 9.17) is 9.47 Å². The average Bonchev–Trinajstić information content (AvgIpc) is 3.33. The number of benzene rings is 4. The van der Waals surface area contributed by atoms with Crippen LogP contribution in [0.1, 0.15) is 28.2 Å². The molecule has 0 bridgehead atoms. The van der Waals surface area contributed by atoms with Gasteiger partial charge in [-0.1, -0.05) is 109 Å². The van der Waals surface area contributed by atoms with Gasteiger partial charge in [0.05, 0.1) is 7.11 Å². The second-order valence-corrected chi connectivity index (χ2v) is 9.61. The fourth-order valence-corrected chi connectivity index (χ4v) is 5.18. The standard InChI is InChI=1S/C33H30N2O5/c1-39-32(37)30(29-26-18-10-8-16-24(26)25-17-9-11-19-27(25)29)35-31(36)28(20-22-12-4-2-5-13-22)34-33(38)40-21-23-14-6-3-7-15-23/h2-19,28-30H,20-21H2,1H3,(H,34,38)(H,35,36)/t28-,30+/m0/s1. The molecule has 0 fully saturated rings. The SMILES string of the molecule is COC(=O)[C@H](NC(=O)[C@H](Cc1ccccc1)NC(=O)OCc1ccccc1)C1c2ccccc2-c2ccccc21. The Hall–Kier alpha value is -4.91. The first kappa shape index (κ1) is 26.7. The van der Waals surface area contributed by atoms with Gasteiger partial charge in [0, 0.05) is 12.3 Å². The van der Waals surface area contributed by atoms with Crippen molar-refractivity contribution >= 4 is 18.0 Å². The highest BCUT2D eigenvalue weighted by Crippen LogP contribution is 2.46. The van der Waals surface area contributed by atoms with E-state index in [-0.39, 0.29) is 13.0 Å². The fourth-order valence-electron chi connectivity index (χ4n) is 5.18. The van der Waals surface area contributed by atoms with Crippen LogP contribution in [0.5, 0.6) is 0 Å². The van der Waals surface area contributed by atoms with Crippen LogP contribution in [-0.2, 0) is 32.1 Å². The summed E-state index contributed by atoms with van der Waals surface area (Å²) < 4.78 is 10.5. The van der Waals surface area contributed by atoms with Crippen molar-refractivity contribution in [3.63, 3.8) is 0 Å². The maximum Gasteiger partial charge on any atom is 0.408 e. The third-order valence-electron chi connectivity index (χ3n) is 7.07. The van der Waals surface area contributed by atoms with E-state index in [1.807, 2.05) is 109 Å². The van der Waals surface area contributed by atoms with E-state index >= 15 is 0 Å². The number of hydrogen-bond donors (Lipinski definition) is 2. The number of fused-ring (bicyclic) bond motifs is 3. The molecular formula is C33H30N2O5. The molecule has 0 saturated carbocycles. The summed E-state index contributed by atoms with van der Waals surface area (Å²) in [6.07, 6.45) is -0.523. The van der Waals surface area contributed by atoms with Gasteiger partial charge < -0.3 is 20.1 Å². The Labute approximate surface area is 233 Å². The Morgan fingerprint density at radius 1 is 0.700 bits per heavy atom. The van der Waals surface area contributed by atoms with E-state index in [1.165, 1.54) is 7.11 Å². The van der Waals surface area contributed by atoms with Crippen LogP contribution < -0.4 is 10.6 Å². The molecule has 40 heavy (non-hydrogen) atoms. The molecule has 0 radical (unpaired) electrons. The number of nitrogens with one attached hydrogen (secondary N) is 2. The lowest BCUT2D eigenvalue weighted by molar-refractivity contribution is -0.145. The van der Waals surface area contributed by atoms with E-state index in [0.29, 0.717) is 0 Å². The lowest BCUT2D eigenvalue weighted by atomic mass is 9.89. The number of carbonyl (C=O) groups excluding carboxylic acids is 3. The van der Waals surface area contributed by atoms with Crippen molar-refractivity contribution in [3.05, 3.63) is 131 Å². The van der Waals surface area contributed by atoms with Crippen LogP contribution in [0.2, 0.25) is 0 Å². The van der Waals surface area contributed by atoms with Crippen LogP contribution >= 0.6 is 0 Å². The van der Waals surface area contributed by atoms with Crippen molar-refractivity contribution in [1.29, 1.82) is 0 Å². The van der Waals surface area contributed by atoms with Crippen molar-refractivity contribution in [1.82, 2.24) is 10.6 Å². The molecule has 0 aromatic heterocycles. The highest BCUT2D eigenvalue weighted by atomic mass is 16.5. The average molecular weight is 535 g/mol. The number of ether oxygens (including phenoxy) is 2. The zero-order valence-corrected chi connectivity index (χ0v) is 22.1. The number of hydrogen-bond acceptors (Lipinski definition) is 5. The molecule has 0 heterocycles. The molecule has 2 atom stereocenters. The number of esters is 1. The molecule has 1 aliphatic carbocycles. The van der Waals surface area contributed by atoms with Crippen molar-refractivity contribution in [2.45, 2.75) is 31.0 Å². The van der Waals surface area contributed by atoms with Gasteiger partial charge in [-0.05, 0) is 33.4 Å². The van der Waals surface area contributed by atoms with E-state index in [0.717, 1.165) is 33.4 Å². The summed E-state index contributed by atoms with van der Waals surface area (Å²) in [4.78, 5) is 39.7. The third kappa shape index (κ3) is 5.89. The molecular weight excluding hydrogens is 504 g/mol. The molecule has 2 amide bonds. The van der Waals surface area contributed by atoms with Crippen LogP contribution in [0.15, 0.2) is 109 Å². The van der Waals surface area contributed by atoms with Crippen molar-refractivity contribution in [3.8, 4) is 11.1 Å². The topological polar surface area (TPSA) is 93.7 Å². The first-order chi connectivity index (χ1) is 19.5. The Morgan fingerprint density at radius 3 is 1.80 bits per heavy atom. The molecule has 4 aromatic rings. The maximum absolute atomic E-state index is 13.8. The molecule has 0 saturated heterocycles. The van der Waals surface area contributed by atoms with E-state index < -0.39 is 36.0 Å². The first-order valence-corrected chi connectivity index (χ1v) is 13.1. The minimum atomic E-state index is -1.01. The van der Waals surface area contributed by atoms with Gasteiger partial charge in [-0.15, -0.1) is 0 Å². The van der Waals surface area contributed by atoms with Crippen LogP contribution in [0.3, 0.4) is 0 Å². The summed E-state index contributed by atoms with van der Waals surface area (Å²) in [5.41, 5.74) is 5.54. The van der Waals surface area contributed by atoms with Crippen molar-refractivity contribution in [2.24, 2.45) is 0 Å². The van der Waals surface area contributed by atoms with Gasteiger partial charge in [0.25, 0.3) is 0 Å². The monoisotopic (exact) mass is 534 g/mol. The first-order valence-electron chi connectivity index (χ1n) is 13.1. The summed E-state index contributed by atoms with van der Waals surface area (Å²) in [5, 5.41) is 5.61. The van der Waals surface area contributed by atoms with Gasteiger partial charge >= 0.3 is 12.1 Å². The molecule has 0 unspecified atom stereocenters. The zero-order chi connectivity index (χ0) is 27.9. The Bertz CT molecular complexity index is 1440. The highest BCUT2D eigenvalue weighted by molar-refractivity contribution is 5.92. The van der Waals surface area contributed by atoms with Crippen molar-refractivity contribution < 1.29 is 23.9 Å². The molecule has 4 aromatic carbocycles. The van der Waals surface area contributed by atoms with Crippen LogP contribution in [0.4, 0.5) is 4.79 Å². The van der Waals surface area contributed by atoms with Gasteiger partial charge in [0.2, 0.25) is 5.91 Å². The van der Waals surface area contributed by atoms with Crippen LogP contribution in [-0.4, -0.2) is 37.2 Å². The number of methoxy groups -OCH3 is 1. The molecule has 202 valence electrons. The maximum atomic E-state index is 13.8. The second kappa shape index (κ2) is 12.3. The summed E-state index contributed by atoms with van der Waals surface area (Å²) in [5.74, 6) is -1.54. The molecule has 0 aliphatic heterocycles.